The van der Waals surface area contributed by atoms with Gasteiger partial charge >= 0.3 is 0 Å². The SMILES string of the molecule is CCCCCc1ccc(-c2c3nc(c(-c4ccc(CCCCC)cc4)c4ccc([nH]4)c(-c4ccc(CCCCC)cc4)c4nc(c(NC(=O)c5cccc(C(=O)Nc6ccncc6)n5)c5ccc2[nH]5)C=C4)C=C3)cc1. The van der Waals surface area contributed by atoms with E-state index in [-0.39, 0.29) is 11.4 Å². The Morgan fingerprint density at radius 2 is 0.800 bits per heavy atom. The first-order valence-electron chi connectivity index (χ1n) is 26.8. The van der Waals surface area contributed by atoms with E-state index >= 15 is 0 Å². The number of hydrogen-bond acceptors (Lipinski definition) is 6. The van der Waals surface area contributed by atoms with Crippen LogP contribution in [0.3, 0.4) is 0 Å². The number of pyridine rings is 2. The lowest BCUT2D eigenvalue weighted by molar-refractivity contribution is 0.101. The van der Waals surface area contributed by atoms with Crippen molar-refractivity contribution in [3.8, 4) is 33.4 Å². The quantitative estimate of drug-likeness (QED) is 0.0595. The Labute approximate surface area is 439 Å². The molecule has 7 heterocycles. The lowest BCUT2D eigenvalue weighted by atomic mass is 10.00. The molecule has 10 rings (SSSR count). The van der Waals surface area contributed by atoms with Crippen molar-refractivity contribution in [1.29, 1.82) is 0 Å². The van der Waals surface area contributed by atoms with Crippen LogP contribution < -0.4 is 10.6 Å². The maximum absolute atomic E-state index is 14.6. The minimum Gasteiger partial charge on any atom is -0.354 e. The van der Waals surface area contributed by atoms with Gasteiger partial charge in [-0.15, -0.1) is 0 Å². The van der Waals surface area contributed by atoms with Crippen LogP contribution in [0, 0.1) is 0 Å². The van der Waals surface area contributed by atoms with Gasteiger partial charge in [-0.3, -0.25) is 14.6 Å². The van der Waals surface area contributed by atoms with Gasteiger partial charge in [-0.05, 0) is 145 Å². The number of hydrogen-bond donors (Lipinski definition) is 4. The summed E-state index contributed by atoms with van der Waals surface area (Å²) in [5.41, 5.74) is 17.2. The first-order valence-corrected chi connectivity index (χ1v) is 26.8. The van der Waals surface area contributed by atoms with E-state index in [4.69, 9.17) is 9.97 Å². The number of anilines is 2. The summed E-state index contributed by atoms with van der Waals surface area (Å²) in [4.78, 5) is 55.0. The molecule has 10 nitrogen and oxygen atoms in total. The van der Waals surface area contributed by atoms with E-state index in [9.17, 15) is 9.59 Å². The molecule has 75 heavy (non-hydrogen) atoms. The zero-order valence-corrected chi connectivity index (χ0v) is 43.2. The van der Waals surface area contributed by atoms with Crippen LogP contribution in [0.5, 0.6) is 0 Å². The van der Waals surface area contributed by atoms with Crippen LogP contribution in [0.1, 0.15) is 139 Å². The topological polar surface area (TPSA) is 141 Å². The summed E-state index contributed by atoms with van der Waals surface area (Å²) < 4.78 is 0. The number of aryl methyl sites for hydroxylation is 3. The van der Waals surface area contributed by atoms with Gasteiger partial charge in [-0.1, -0.05) is 138 Å². The first kappa shape index (κ1) is 50.1. The summed E-state index contributed by atoms with van der Waals surface area (Å²) in [5, 5.41) is 6.04. The maximum Gasteiger partial charge on any atom is 0.274 e. The number of benzene rings is 3. The van der Waals surface area contributed by atoms with Gasteiger partial charge in [0.2, 0.25) is 0 Å². The molecule has 0 saturated heterocycles. The largest absolute Gasteiger partial charge is 0.354 e. The molecule has 4 N–H and O–H groups in total. The number of carbonyl (C=O) groups excluding carboxylic acids is 2. The van der Waals surface area contributed by atoms with Gasteiger partial charge in [0.1, 0.15) is 11.4 Å². The molecule has 2 aliphatic heterocycles. The average molecular weight is 989 g/mol. The van der Waals surface area contributed by atoms with Gasteiger partial charge in [0, 0.05) is 51.3 Å². The van der Waals surface area contributed by atoms with E-state index in [1.807, 2.05) is 24.3 Å². The molecular weight excluding hydrogens is 925 g/mol. The molecule has 0 unspecified atom stereocenters. The van der Waals surface area contributed by atoms with Crippen molar-refractivity contribution in [3.05, 3.63) is 191 Å². The second-order valence-corrected chi connectivity index (χ2v) is 19.5. The number of carbonyl (C=O) groups is 2. The van der Waals surface area contributed by atoms with Crippen LogP contribution in [0.15, 0.2) is 140 Å². The van der Waals surface area contributed by atoms with E-state index < -0.39 is 11.8 Å². The average Bonchev–Trinajstić information content (AvgIpc) is 4.32. The highest BCUT2D eigenvalue weighted by molar-refractivity contribution is 6.09. The third-order valence-corrected chi connectivity index (χ3v) is 14.1. The fourth-order valence-corrected chi connectivity index (χ4v) is 10.00. The van der Waals surface area contributed by atoms with Crippen molar-refractivity contribution in [2.75, 3.05) is 10.6 Å². The zero-order chi connectivity index (χ0) is 51.5. The molecule has 0 aliphatic carbocycles. The van der Waals surface area contributed by atoms with Gasteiger partial charge in [0.05, 0.1) is 34.0 Å². The molecule has 10 heteroatoms. The van der Waals surface area contributed by atoms with Crippen LogP contribution in [0.25, 0.3) is 79.8 Å². The van der Waals surface area contributed by atoms with Crippen molar-refractivity contribution in [2.24, 2.45) is 0 Å². The van der Waals surface area contributed by atoms with E-state index in [2.05, 4.69) is 148 Å². The number of aromatic amines is 2. The van der Waals surface area contributed by atoms with Gasteiger partial charge in [-0.2, -0.15) is 0 Å². The summed E-state index contributed by atoms with van der Waals surface area (Å²) in [6, 6.07) is 43.2. The lowest BCUT2D eigenvalue weighted by Gasteiger charge is -2.09. The molecule has 0 spiro atoms. The predicted molar refractivity (Wildman–Crippen MR) is 309 cm³/mol. The Kier molecular flexibility index (Phi) is 15.7. The predicted octanol–water partition coefficient (Wildman–Crippen LogP) is 16.1. The fourth-order valence-electron chi connectivity index (χ4n) is 10.00. The molecular formula is C65H64N8O2. The number of aromatic nitrogens is 6. The number of amides is 2. The monoisotopic (exact) mass is 989 g/mol. The number of fused-ring (bicyclic) bond motifs is 8. The Balaban J connectivity index is 1.19. The first-order chi connectivity index (χ1) is 36.8. The molecule has 2 aliphatic rings. The van der Waals surface area contributed by atoms with E-state index in [0.717, 1.165) is 99.1 Å². The highest BCUT2D eigenvalue weighted by Gasteiger charge is 2.21. The van der Waals surface area contributed by atoms with Crippen LogP contribution >= 0.6 is 0 Å². The maximum atomic E-state index is 14.6. The van der Waals surface area contributed by atoms with Gasteiger partial charge in [0.15, 0.2) is 0 Å². The Morgan fingerprint density at radius 1 is 0.413 bits per heavy atom. The Hall–Kier alpha value is -8.50. The van der Waals surface area contributed by atoms with Crippen molar-refractivity contribution < 1.29 is 9.59 Å². The van der Waals surface area contributed by atoms with Crippen molar-refractivity contribution in [1.82, 2.24) is 29.9 Å². The molecule has 0 radical (unpaired) electrons. The van der Waals surface area contributed by atoms with Gasteiger partial charge in [0.25, 0.3) is 11.8 Å². The third kappa shape index (κ3) is 11.7. The van der Waals surface area contributed by atoms with E-state index in [1.54, 1.807) is 42.7 Å². The molecule has 2 amide bonds. The molecule has 0 fully saturated rings. The Bertz CT molecular complexity index is 3500. The van der Waals surface area contributed by atoms with E-state index in [0.29, 0.717) is 22.6 Å². The number of H-pyrrole nitrogens is 2. The number of nitrogens with one attached hydrogen (secondary N) is 4. The van der Waals surface area contributed by atoms with Crippen LogP contribution in [0.4, 0.5) is 11.4 Å². The summed E-state index contributed by atoms with van der Waals surface area (Å²) >= 11 is 0. The van der Waals surface area contributed by atoms with Crippen LogP contribution in [-0.2, 0) is 19.3 Å². The van der Waals surface area contributed by atoms with Crippen LogP contribution in [0.2, 0.25) is 0 Å². The molecule has 8 bridgehead atoms. The second-order valence-electron chi connectivity index (χ2n) is 19.5. The number of unbranched alkanes of at least 4 members (excludes halogenated alkanes) is 6. The molecule has 8 aromatic rings. The lowest BCUT2D eigenvalue weighted by Crippen LogP contribution is -2.19. The van der Waals surface area contributed by atoms with Crippen molar-refractivity contribution in [2.45, 2.75) is 97.8 Å². The number of rotatable bonds is 19. The highest BCUT2D eigenvalue weighted by atomic mass is 16.2. The molecule has 5 aromatic heterocycles. The third-order valence-electron chi connectivity index (χ3n) is 14.1. The van der Waals surface area contributed by atoms with Gasteiger partial charge < -0.3 is 20.6 Å². The Morgan fingerprint density at radius 3 is 1.24 bits per heavy atom. The molecule has 0 atom stereocenters. The van der Waals surface area contributed by atoms with Crippen molar-refractivity contribution >= 4 is 69.6 Å². The minimum absolute atomic E-state index is 0.0683. The number of nitrogens with zero attached hydrogens (tertiary/aromatic N) is 4. The molecule has 3 aromatic carbocycles. The zero-order valence-electron chi connectivity index (χ0n) is 43.2. The minimum atomic E-state index is -0.502. The summed E-state index contributed by atoms with van der Waals surface area (Å²) in [6.45, 7) is 6.71. The summed E-state index contributed by atoms with van der Waals surface area (Å²) in [7, 11) is 0. The van der Waals surface area contributed by atoms with Crippen LogP contribution in [-0.4, -0.2) is 41.7 Å². The normalized spacial score (nSPS) is 11.8. The summed E-state index contributed by atoms with van der Waals surface area (Å²) in [6.07, 6.45) is 25.1. The van der Waals surface area contributed by atoms with Crippen molar-refractivity contribution in [3.63, 3.8) is 0 Å². The molecule has 376 valence electrons. The smallest absolute Gasteiger partial charge is 0.274 e. The summed E-state index contributed by atoms with van der Waals surface area (Å²) in [5.74, 6) is -0.950. The molecule has 0 saturated carbocycles. The highest BCUT2D eigenvalue weighted by Crippen LogP contribution is 2.38. The fraction of sp³-hybridized carbons (Fsp3) is 0.231. The standard InChI is InChI=1S/C65H64N8O2/c1-4-7-10-14-43-19-25-46(26-20-43)60-50-31-33-52(68-50)61(47-27-21-44(22-28-47)15-11-8-5-2)54-35-37-56(70-54)63(73-65(75)59-18-13-17-58(72-59)64(74)67-49-39-41-66-42-40-49)57-38-36-55(71-57)62(53-34-32-51(60)69-53)48-29-23-45(24-30-48)16-12-9-6-3/h13,17-42,68,71H,4-12,14-16H2,1-3H3,(H,73,75)(H,66,67,74). The van der Waals surface area contributed by atoms with Gasteiger partial charge in [-0.25, -0.2) is 15.0 Å². The van der Waals surface area contributed by atoms with E-state index in [1.165, 1.54) is 61.6 Å². The second kappa shape index (κ2) is 23.6.